The zero-order valence-electron chi connectivity index (χ0n) is 12.1. The molecular weight excluding hydrogens is 298 g/mol. The van der Waals surface area contributed by atoms with Gasteiger partial charge in [0.2, 0.25) is 0 Å². The molecule has 0 amide bonds. The van der Waals surface area contributed by atoms with Crippen molar-refractivity contribution in [3.8, 4) is 0 Å². The molecule has 0 aromatic heterocycles. The first kappa shape index (κ1) is 19.3. The fourth-order valence-electron chi connectivity index (χ4n) is 0.985. The molecule has 0 aromatic carbocycles. The Kier molecular flexibility index (Phi) is 9.69. The Morgan fingerprint density at radius 1 is 0.864 bits per heavy atom. The lowest BCUT2D eigenvalue weighted by Crippen LogP contribution is -2.31. The summed E-state index contributed by atoms with van der Waals surface area (Å²) >= 11 is 0. The molecule has 1 unspecified atom stereocenters. The highest BCUT2D eigenvalue weighted by Crippen LogP contribution is 1.96. The van der Waals surface area contributed by atoms with Gasteiger partial charge in [-0.25, -0.2) is 19.2 Å². The fraction of sp³-hybridized carbons (Fsp3) is 0.385. The Morgan fingerprint density at radius 2 is 1.32 bits per heavy atom. The predicted molar refractivity (Wildman–Crippen MR) is 72.2 cm³/mol. The molecule has 9 nitrogen and oxygen atoms in total. The van der Waals surface area contributed by atoms with Crippen LogP contribution in [0.4, 0.5) is 0 Å². The van der Waals surface area contributed by atoms with Crippen LogP contribution in [-0.2, 0) is 38.1 Å². The Balaban J connectivity index is 4.27. The number of esters is 4. The third-order valence-electron chi connectivity index (χ3n) is 2.07. The third kappa shape index (κ3) is 9.26. The minimum atomic E-state index is -0.898. The van der Waals surface area contributed by atoms with Gasteiger partial charge in [-0.3, -0.25) is 0 Å². The van der Waals surface area contributed by atoms with Gasteiger partial charge in [-0.2, -0.15) is 0 Å². The molecule has 22 heavy (non-hydrogen) atoms. The predicted octanol–water partition coefficient (Wildman–Crippen LogP) is -1.14. The van der Waals surface area contributed by atoms with Crippen LogP contribution < -0.4 is 5.73 Å². The quantitative estimate of drug-likeness (QED) is 0.335. The normalized spacial score (nSPS) is 12.0. The molecule has 2 N–H and O–H groups in total. The van der Waals surface area contributed by atoms with Gasteiger partial charge in [0.1, 0.15) is 12.7 Å². The van der Waals surface area contributed by atoms with Crippen molar-refractivity contribution in [2.24, 2.45) is 5.73 Å². The molecule has 0 saturated carbocycles. The van der Waals surface area contributed by atoms with Crippen LogP contribution in [0.3, 0.4) is 0 Å². The summed E-state index contributed by atoms with van der Waals surface area (Å²) in [5, 5.41) is 0. The lowest BCUT2D eigenvalue weighted by atomic mass is 10.4. The number of methoxy groups -OCH3 is 2. The van der Waals surface area contributed by atoms with Gasteiger partial charge >= 0.3 is 23.9 Å². The van der Waals surface area contributed by atoms with Gasteiger partial charge < -0.3 is 24.7 Å². The van der Waals surface area contributed by atoms with Crippen LogP contribution in [0.15, 0.2) is 24.3 Å². The van der Waals surface area contributed by atoms with E-state index in [1.54, 1.807) is 0 Å². The van der Waals surface area contributed by atoms with Crippen LogP contribution in [0.25, 0.3) is 0 Å². The highest BCUT2D eigenvalue weighted by atomic mass is 16.6. The summed E-state index contributed by atoms with van der Waals surface area (Å²) in [5.74, 6) is -3.11. The maximum absolute atomic E-state index is 11.3. The fourth-order valence-corrected chi connectivity index (χ4v) is 0.985. The number of carbonyl (C=O) groups is 4. The molecule has 0 aliphatic carbocycles. The van der Waals surface area contributed by atoms with Crippen molar-refractivity contribution in [1.29, 1.82) is 0 Å². The molecule has 0 spiro atoms. The number of carbonyl (C=O) groups excluding carboxylic acids is 4. The molecule has 0 aliphatic rings. The van der Waals surface area contributed by atoms with Gasteiger partial charge in [0, 0.05) is 30.8 Å². The zero-order valence-corrected chi connectivity index (χ0v) is 12.1. The number of ether oxygens (including phenoxy) is 4. The van der Waals surface area contributed by atoms with Gasteiger partial charge in [0.25, 0.3) is 0 Å². The average molecular weight is 315 g/mol. The van der Waals surface area contributed by atoms with Gasteiger partial charge in [-0.15, -0.1) is 0 Å². The molecule has 0 aromatic rings. The first-order chi connectivity index (χ1) is 10.4. The smallest absolute Gasteiger partial charge is 0.331 e. The van der Waals surface area contributed by atoms with Gasteiger partial charge in [-0.05, 0) is 0 Å². The molecule has 0 saturated heterocycles. The van der Waals surface area contributed by atoms with E-state index in [2.05, 4.69) is 9.47 Å². The first-order valence-corrected chi connectivity index (χ1v) is 6.02. The molecule has 1 atom stereocenters. The van der Waals surface area contributed by atoms with Crippen LogP contribution in [0.5, 0.6) is 0 Å². The van der Waals surface area contributed by atoms with Crippen LogP contribution in [0.1, 0.15) is 0 Å². The van der Waals surface area contributed by atoms with E-state index in [-0.39, 0.29) is 13.2 Å². The molecular formula is C13H17NO8. The summed E-state index contributed by atoms with van der Waals surface area (Å²) in [6.07, 6.45) is 2.57. The summed E-state index contributed by atoms with van der Waals surface area (Å²) in [7, 11) is 2.31. The van der Waals surface area contributed by atoms with Crippen molar-refractivity contribution in [2.45, 2.75) is 6.10 Å². The van der Waals surface area contributed by atoms with Crippen LogP contribution in [0.2, 0.25) is 0 Å². The minimum absolute atomic E-state index is 0.105. The lowest BCUT2D eigenvalue weighted by molar-refractivity contribution is -0.152. The van der Waals surface area contributed by atoms with E-state index in [1.165, 1.54) is 0 Å². The van der Waals surface area contributed by atoms with E-state index in [0.717, 1.165) is 38.5 Å². The molecule has 0 fully saturated rings. The summed E-state index contributed by atoms with van der Waals surface area (Å²) in [6, 6.07) is 0. The Bertz CT molecular complexity index is 469. The van der Waals surface area contributed by atoms with Crippen molar-refractivity contribution in [3.05, 3.63) is 24.3 Å². The number of nitrogens with two attached hydrogens (primary N) is 1. The van der Waals surface area contributed by atoms with E-state index in [9.17, 15) is 19.2 Å². The van der Waals surface area contributed by atoms with E-state index < -0.39 is 30.0 Å². The largest absolute Gasteiger partial charge is 0.466 e. The van der Waals surface area contributed by atoms with Crippen molar-refractivity contribution < 1.29 is 38.1 Å². The number of hydrogen-bond donors (Lipinski definition) is 1. The van der Waals surface area contributed by atoms with Crippen molar-refractivity contribution in [1.82, 2.24) is 0 Å². The lowest BCUT2D eigenvalue weighted by Gasteiger charge is -2.14. The summed E-state index contributed by atoms with van der Waals surface area (Å²) < 4.78 is 18.2. The summed E-state index contributed by atoms with van der Waals surface area (Å²) in [5.41, 5.74) is 5.36. The highest BCUT2D eigenvalue weighted by molar-refractivity contribution is 5.92. The van der Waals surface area contributed by atoms with Crippen LogP contribution in [0, 0.1) is 0 Å². The van der Waals surface area contributed by atoms with E-state index in [0.29, 0.717) is 0 Å². The maximum Gasteiger partial charge on any atom is 0.331 e. The van der Waals surface area contributed by atoms with Gasteiger partial charge in [-0.1, -0.05) is 0 Å². The van der Waals surface area contributed by atoms with E-state index in [4.69, 9.17) is 15.2 Å². The Morgan fingerprint density at radius 3 is 1.77 bits per heavy atom. The third-order valence-corrected chi connectivity index (χ3v) is 2.07. The molecule has 0 bridgehead atoms. The summed E-state index contributed by atoms with van der Waals surface area (Å²) in [4.78, 5) is 44.1. The molecule has 122 valence electrons. The topological polar surface area (TPSA) is 131 Å². The Hall–Kier alpha value is -2.68. The molecule has 9 heteroatoms. The molecule has 0 aliphatic heterocycles. The van der Waals surface area contributed by atoms with Crippen molar-refractivity contribution in [3.63, 3.8) is 0 Å². The summed E-state index contributed by atoms with van der Waals surface area (Å²) in [6.45, 7) is -0.412. The maximum atomic E-state index is 11.3. The SMILES string of the molecule is COC(=O)/C=C/C(=O)OCC(CN)OC(=O)/C=C/C(=O)OC. The molecule has 0 radical (unpaired) electrons. The standard InChI is InChI=1S/C13H17NO8/c1-19-10(15)3-5-12(17)21-8-9(7-14)22-13(18)6-4-11(16)20-2/h3-6,9H,7-8,14H2,1-2H3/b5-3+,6-4+. The van der Waals surface area contributed by atoms with Crippen molar-refractivity contribution in [2.75, 3.05) is 27.4 Å². The number of hydrogen-bond acceptors (Lipinski definition) is 9. The molecule has 0 heterocycles. The van der Waals surface area contributed by atoms with Gasteiger partial charge in [0.15, 0.2) is 0 Å². The Labute approximate surface area is 126 Å². The van der Waals surface area contributed by atoms with E-state index >= 15 is 0 Å². The highest BCUT2D eigenvalue weighted by Gasteiger charge is 2.13. The van der Waals surface area contributed by atoms with Crippen molar-refractivity contribution >= 4 is 23.9 Å². The second-order valence-electron chi connectivity index (χ2n) is 3.64. The monoisotopic (exact) mass is 315 g/mol. The number of rotatable bonds is 8. The van der Waals surface area contributed by atoms with Gasteiger partial charge in [0.05, 0.1) is 14.2 Å². The molecule has 0 rings (SSSR count). The van der Waals surface area contributed by atoms with E-state index in [1.807, 2.05) is 0 Å². The minimum Gasteiger partial charge on any atom is -0.466 e. The van der Waals surface area contributed by atoms with Crippen LogP contribution in [-0.4, -0.2) is 57.4 Å². The van der Waals surface area contributed by atoms with Crippen LogP contribution >= 0.6 is 0 Å². The average Bonchev–Trinajstić information content (AvgIpc) is 2.53. The first-order valence-electron chi connectivity index (χ1n) is 6.02. The zero-order chi connectivity index (χ0) is 17.0. The second-order valence-corrected chi connectivity index (χ2v) is 3.64. The second kappa shape index (κ2) is 11.0.